The molecule has 0 fully saturated rings. The second kappa shape index (κ2) is 5.69. The van der Waals surface area contributed by atoms with Crippen molar-refractivity contribution in [3.63, 3.8) is 0 Å². The summed E-state index contributed by atoms with van der Waals surface area (Å²) in [4.78, 5) is 18.7. The van der Waals surface area contributed by atoms with Gasteiger partial charge in [-0.25, -0.2) is 4.98 Å². The molecule has 0 aliphatic heterocycles. The van der Waals surface area contributed by atoms with E-state index in [1.807, 2.05) is 13.0 Å². The first kappa shape index (κ1) is 12.6. The number of amides is 1. The maximum atomic E-state index is 11.8. The van der Waals surface area contributed by atoms with Crippen molar-refractivity contribution in [2.75, 3.05) is 6.54 Å². The fraction of sp³-hybridized carbons (Fsp3) is 0.231. The van der Waals surface area contributed by atoms with E-state index in [9.17, 15) is 4.79 Å². The fourth-order valence-electron chi connectivity index (χ4n) is 1.57. The van der Waals surface area contributed by atoms with Crippen LogP contribution in [0.5, 0.6) is 0 Å². The molecule has 0 aliphatic rings. The summed E-state index contributed by atoms with van der Waals surface area (Å²) in [7, 11) is 0. The third-order valence-corrected chi connectivity index (χ3v) is 3.08. The third-order valence-electron chi connectivity index (χ3n) is 2.67. The molecule has 5 heteroatoms. The van der Waals surface area contributed by atoms with Gasteiger partial charge >= 0.3 is 0 Å². The molecule has 0 radical (unpaired) electrons. The highest BCUT2D eigenvalue weighted by Gasteiger charge is 2.06. The Balaban J connectivity index is 1.89. The molecular weight excluding hydrogens is 250 g/mol. The highest BCUT2D eigenvalue weighted by atomic mass is 35.5. The van der Waals surface area contributed by atoms with Gasteiger partial charge in [0.05, 0.1) is 6.33 Å². The molecule has 4 nitrogen and oxygen atoms in total. The minimum Gasteiger partial charge on any atom is -0.352 e. The summed E-state index contributed by atoms with van der Waals surface area (Å²) in [6, 6.07) is 5.29. The van der Waals surface area contributed by atoms with E-state index in [4.69, 9.17) is 11.6 Å². The Morgan fingerprint density at radius 2 is 2.33 bits per heavy atom. The maximum absolute atomic E-state index is 11.8. The van der Waals surface area contributed by atoms with Crippen molar-refractivity contribution in [2.24, 2.45) is 0 Å². The quantitative estimate of drug-likeness (QED) is 0.890. The number of carbonyl (C=O) groups excluding carboxylic acids is 1. The molecule has 1 heterocycles. The highest BCUT2D eigenvalue weighted by Crippen LogP contribution is 2.16. The molecule has 18 heavy (non-hydrogen) atoms. The molecule has 0 aliphatic carbocycles. The molecule has 94 valence electrons. The Hall–Kier alpha value is -1.81. The van der Waals surface area contributed by atoms with Gasteiger partial charge in [0.25, 0.3) is 5.91 Å². The zero-order valence-electron chi connectivity index (χ0n) is 10.0. The standard InChI is InChI=1S/C13H14ClN3O/c1-9-2-3-10(6-12(9)14)13(18)16-5-4-11-7-15-8-17-11/h2-3,6-8H,4-5H2,1H3,(H,15,17)(H,16,18). The van der Waals surface area contributed by atoms with Crippen molar-refractivity contribution in [3.8, 4) is 0 Å². The second-order valence-corrected chi connectivity index (χ2v) is 4.45. The van der Waals surface area contributed by atoms with Gasteiger partial charge in [-0.05, 0) is 24.6 Å². The van der Waals surface area contributed by atoms with Crippen LogP contribution < -0.4 is 5.32 Å². The number of aryl methyl sites for hydroxylation is 1. The van der Waals surface area contributed by atoms with Crippen molar-refractivity contribution in [3.05, 3.63) is 52.6 Å². The van der Waals surface area contributed by atoms with Crippen LogP contribution in [0, 0.1) is 6.92 Å². The number of imidazole rings is 1. The van der Waals surface area contributed by atoms with Gasteiger partial charge in [0.2, 0.25) is 0 Å². The lowest BCUT2D eigenvalue weighted by Crippen LogP contribution is -2.25. The lowest BCUT2D eigenvalue weighted by atomic mass is 10.1. The smallest absolute Gasteiger partial charge is 0.251 e. The number of hydrogen-bond acceptors (Lipinski definition) is 2. The van der Waals surface area contributed by atoms with Crippen molar-refractivity contribution >= 4 is 17.5 Å². The highest BCUT2D eigenvalue weighted by molar-refractivity contribution is 6.31. The van der Waals surface area contributed by atoms with Crippen molar-refractivity contribution in [1.29, 1.82) is 0 Å². The third kappa shape index (κ3) is 3.11. The largest absolute Gasteiger partial charge is 0.352 e. The summed E-state index contributed by atoms with van der Waals surface area (Å²) in [5.74, 6) is -0.114. The van der Waals surface area contributed by atoms with Crippen molar-refractivity contribution < 1.29 is 4.79 Å². The van der Waals surface area contributed by atoms with Gasteiger partial charge in [-0.2, -0.15) is 0 Å². The molecule has 0 spiro atoms. The number of carbonyl (C=O) groups is 1. The summed E-state index contributed by atoms with van der Waals surface area (Å²) in [5.41, 5.74) is 2.54. The Bertz CT molecular complexity index is 537. The van der Waals surface area contributed by atoms with Gasteiger partial charge in [-0.15, -0.1) is 0 Å². The predicted octanol–water partition coefficient (Wildman–Crippen LogP) is 2.34. The van der Waals surface area contributed by atoms with Crippen LogP contribution in [0.4, 0.5) is 0 Å². The van der Waals surface area contributed by atoms with Crippen LogP contribution in [0.25, 0.3) is 0 Å². The molecule has 2 N–H and O–H groups in total. The lowest BCUT2D eigenvalue weighted by Gasteiger charge is -2.05. The van der Waals surface area contributed by atoms with E-state index in [0.717, 1.165) is 17.7 Å². The van der Waals surface area contributed by atoms with Gasteiger partial charge < -0.3 is 10.3 Å². The first-order chi connectivity index (χ1) is 8.66. The molecule has 1 aromatic carbocycles. The predicted molar refractivity (Wildman–Crippen MR) is 70.8 cm³/mol. The number of nitrogens with zero attached hydrogens (tertiary/aromatic N) is 1. The van der Waals surface area contributed by atoms with E-state index in [1.165, 1.54) is 0 Å². The van der Waals surface area contributed by atoms with E-state index in [-0.39, 0.29) is 5.91 Å². The molecule has 1 aromatic heterocycles. The molecule has 0 atom stereocenters. The minimum absolute atomic E-state index is 0.114. The number of aromatic amines is 1. The van der Waals surface area contributed by atoms with E-state index < -0.39 is 0 Å². The summed E-state index contributed by atoms with van der Waals surface area (Å²) in [6.07, 6.45) is 4.09. The number of hydrogen-bond donors (Lipinski definition) is 2. The van der Waals surface area contributed by atoms with Gasteiger partial charge in [0.15, 0.2) is 0 Å². The number of rotatable bonds is 4. The Kier molecular flexibility index (Phi) is 3.99. The lowest BCUT2D eigenvalue weighted by molar-refractivity contribution is 0.0954. The normalized spacial score (nSPS) is 10.3. The monoisotopic (exact) mass is 263 g/mol. The molecule has 0 saturated carbocycles. The Morgan fingerprint density at radius 1 is 1.50 bits per heavy atom. The number of benzene rings is 1. The zero-order chi connectivity index (χ0) is 13.0. The van der Waals surface area contributed by atoms with E-state index in [1.54, 1.807) is 24.7 Å². The van der Waals surface area contributed by atoms with Crippen LogP contribution in [-0.4, -0.2) is 22.4 Å². The number of nitrogens with one attached hydrogen (secondary N) is 2. The van der Waals surface area contributed by atoms with Crippen LogP contribution >= 0.6 is 11.6 Å². The van der Waals surface area contributed by atoms with Crippen LogP contribution in [0.2, 0.25) is 5.02 Å². The first-order valence-corrected chi connectivity index (χ1v) is 6.06. The van der Waals surface area contributed by atoms with Crippen molar-refractivity contribution in [1.82, 2.24) is 15.3 Å². The van der Waals surface area contributed by atoms with Crippen LogP contribution in [0.1, 0.15) is 21.6 Å². The molecule has 2 aromatic rings. The molecule has 0 bridgehead atoms. The van der Waals surface area contributed by atoms with Crippen LogP contribution in [0.15, 0.2) is 30.7 Å². The average Bonchev–Trinajstić information content (AvgIpc) is 2.85. The Morgan fingerprint density at radius 3 is 3.00 bits per heavy atom. The van der Waals surface area contributed by atoms with E-state index >= 15 is 0 Å². The molecule has 0 saturated heterocycles. The van der Waals surface area contributed by atoms with Gasteiger partial charge in [0, 0.05) is 35.4 Å². The Labute approximate surface area is 110 Å². The van der Waals surface area contributed by atoms with E-state index in [0.29, 0.717) is 17.1 Å². The molecule has 1 amide bonds. The van der Waals surface area contributed by atoms with Gasteiger partial charge in [0.1, 0.15) is 0 Å². The topological polar surface area (TPSA) is 57.8 Å². The van der Waals surface area contributed by atoms with Crippen molar-refractivity contribution in [2.45, 2.75) is 13.3 Å². The SMILES string of the molecule is Cc1ccc(C(=O)NCCc2cnc[nH]2)cc1Cl. The molecule has 2 rings (SSSR count). The summed E-state index contributed by atoms with van der Waals surface area (Å²) < 4.78 is 0. The second-order valence-electron chi connectivity index (χ2n) is 4.05. The average molecular weight is 264 g/mol. The summed E-state index contributed by atoms with van der Waals surface area (Å²) >= 11 is 5.98. The zero-order valence-corrected chi connectivity index (χ0v) is 10.8. The number of H-pyrrole nitrogens is 1. The maximum Gasteiger partial charge on any atom is 0.251 e. The molecule has 0 unspecified atom stereocenters. The van der Waals surface area contributed by atoms with E-state index in [2.05, 4.69) is 15.3 Å². The van der Waals surface area contributed by atoms with Gasteiger partial charge in [-0.3, -0.25) is 4.79 Å². The number of aromatic nitrogens is 2. The van der Waals surface area contributed by atoms with Crippen LogP contribution in [-0.2, 0) is 6.42 Å². The molecular formula is C13H14ClN3O. The summed E-state index contributed by atoms with van der Waals surface area (Å²) in [5, 5.41) is 3.45. The first-order valence-electron chi connectivity index (χ1n) is 5.68. The fourth-order valence-corrected chi connectivity index (χ4v) is 1.75. The summed E-state index contributed by atoms with van der Waals surface area (Å²) in [6.45, 7) is 2.47. The van der Waals surface area contributed by atoms with Crippen LogP contribution in [0.3, 0.4) is 0 Å². The number of halogens is 1. The minimum atomic E-state index is -0.114. The van der Waals surface area contributed by atoms with Gasteiger partial charge in [-0.1, -0.05) is 17.7 Å².